The first-order chi connectivity index (χ1) is 68.0. The lowest BCUT2D eigenvalue weighted by Gasteiger charge is -2.27. The van der Waals surface area contributed by atoms with Gasteiger partial charge in [0.15, 0.2) is 10.8 Å². The predicted molar refractivity (Wildman–Crippen MR) is 572 cm³/mol. The number of furan rings is 1. The zero-order valence-corrected chi connectivity index (χ0v) is 75.5. The molecule has 0 N–H and O–H groups in total. The van der Waals surface area contributed by atoms with E-state index in [9.17, 15) is 0 Å². The second-order valence-corrected chi connectivity index (χ2v) is 37.0. The summed E-state index contributed by atoms with van der Waals surface area (Å²) in [7, 11) is 0. The molecule has 0 bridgehead atoms. The van der Waals surface area contributed by atoms with Crippen LogP contribution in [0.5, 0.6) is 0 Å². The molecule has 0 fully saturated rings. The molecular weight excluding hydrogens is 1710 g/mol. The van der Waals surface area contributed by atoms with Gasteiger partial charge in [-0.3, -0.25) is 9.80 Å². The van der Waals surface area contributed by atoms with Crippen LogP contribution in [0.2, 0.25) is 0 Å². The molecule has 640 valence electrons. The van der Waals surface area contributed by atoms with Crippen LogP contribution in [0.3, 0.4) is 0 Å². The lowest BCUT2D eigenvalue weighted by Crippen LogP contribution is -2.12. The molecule has 3 aliphatic heterocycles. The molecule has 0 amide bonds. The van der Waals surface area contributed by atoms with Crippen molar-refractivity contribution < 1.29 is 4.42 Å². The van der Waals surface area contributed by atoms with Crippen LogP contribution in [0.4, 0.5) is 33.7 Å². The molecule has 0 saturated heterocycles. The Morgan fingerprint density at radius 2 is 0.693 bits per heavy atom. The first-order valence-electron chi connectivity index (χ1n) is 46.3. The molecule has 10 heterocycles. The van der Waals surface area contributed by atoms with Crippen molar-refractivity contribution in [2.75, 3.05) is 9.80 Å². The second-order valence-electron chi connectivity index (χ2n) is 34.9. The lowest BCUT2D eigenvalue weighted by atomic mass is 9.90. The maximum absolute atomic E-state index is 6.29. The van der Waals surface area contributed by atoms with Crippen molar-refractivity contribution >= 4 is 154 Å². The molecule has 0 atom stereocenters. The number of hydrogen-bond donors (Lipinski definition) is 0. The number of thiazole rings is 1. The van der Waals surface area contributed by atoms with E-state index in [1.165, 1.54) is 130 Å². The Balaban J connectivity index is 0.000000106. The van der Waals surface area contributed by atoms with E-state index in [1.807, 2.05) is 48.3 Å². The monoisotopic (exact) mass is 1780 g/mol. The Labute approximate surface area is 797 Å². The topological polar surface area (TPSA) is 81.0 Å². The lowest BCUT2D eigenvalue weighted by molar-refractivity contribution is 0.669. The van der Waals surface area contributed by atoms with Crippen LogP contribution < -0.4 is 9.80 Å². The quantitative estimate of drug-likeness (QED) is 0.149. The van der Waals surface area contributed by atoms with Crippen LogP contribution in [-0.4, -0.2) is 29.1 Å². The minimum atomic E-state index is 0.726. The van der Waals surface area contributed by atoms with Crippen LogP contribution in [0.15, 0.2) is 488 Å². The van der Waals surface area contributed by atoms with Gasteiger partial charge in [-0.1, -0.05) is 369 Å². The Morgan fingerprint density at radius 1 is 0.241 bits per heavy atom. The Hall–Kier alpha value is -17.6. The Kier molecular flexibility index (Phi) is 18.9. The summed E-state index contributed by atoms with van der Waals surface area (Å²) < 4.78 is 12.4. The molecular formula is C126H78N8OS2. The Bertz CT molecular complexity index is 9320. The maximum atomic E-state index is 6.29. The number of aromatic nitrogens is 6. The van der Waals surface area contributed by atoms with Gasteiger partial charge in [-0.25, -0.2) is 19.9 Å². The fourth-order valence-electron chi connectivity index (χ4n) is 21.3. The number of fused-ring (bicyclic) bond motifs is 30. The van der Waals surface area contributed by atoms with Crippen LogP contribution in [-0.2, 0) is 0 Å². The molecule has 9 nitrogen and oxygen atoms in total. The molecule has 0 unspecified atom stereocenters. The molecule has 3 aliphatic rings. The first kappa shape index (κ1) is 79.2. The van der Waals surface area contributed by atoms with E-state index in [2.05, 4.69) is 456 Å². The van der Waals surface area contributed by atoms with E-state index in [4.69, 9.17) is 24.4 Å². The van der Waals surface area contributed by atoms with E-state index >= 15 is 0 Å². The van der Waals surface area contributed by atoms with E-state index in [1.54, 1.807) is 11.3 Å². The van der Waals surface area contributed by atoms with Crippen LogP contribution in [0.25, 0.3) is 220 Å². The van der Waals surface area contributed by atoms with E-state index < -0.39 is 0 Å². The summed E-state index contributed by atoms with van der Waals surface area (Å²) in [6, 6.07) is 167. The van der Waals surface area contributed by atoms with E-state index in [-0.39, 0.29) is 0 Å². The van der Waals surface area contributed by atoms with Crippen LogP contribution in [0, 0.1) is 0 Å². The van der Waals surface area contributed by atoms with E-state index in [0.717, 1.165) is 134 Å². The van der Waals surface area contributed by atoms with Gasteiger partial charge < -0.3 is 13.6 Å². The highest BCUT2D eigenvalue weighted by Gasteiger charge is 2.35. The van der Waals surface area contributed by atoms with Crippen molar-refractivity contribution in [3.05, 3.63) is 473 Å². The summed E-state index contributed by atoms with van der Waals surface area (Å²) in [5, 5.41) is 11.7. The number of para-hydroxylation sites is 8. The maximum Gasteiger partial charge on any atom is 0.195 e. The first-order valence-corrected chi connectivity index (χ1v) is 47.9. The van der Waals surface area contributed by atoms with Crippen LogP contribution in [0.1, 0.15) is 0 Å². The average Bonchev–Trinajstić information content (AvgIpc) is 1.55. The summed E-state index contributed by atoms with van der Waals surface area (Å²) in [5.41, 5.74) is 38.1. The predicted octanol–water partition coefficient (Wildman–Crippen LogP) is 35.0. The zero-order valence-electron chi connectivity index (χ0n) is 73.8. The van der Waals surface area contributed by atoms with Crippen molar-refractivity contribution in [3.8, 4) is 123 Å². The normalized spacial score (nSPS) is 12.2. The van der Waals surface area contributed by atoms with Crippen molar-refractivity contribution in [2.45, 2.75) is 9.79 Å². The Morgan fingerprint density at radius 3 is 1.35 bits per heavy atom. The van der Waals surface area contributed by atoms with Gasteiger partial charge in [-0.05, 0) is 171 Å². The van der Waals surface area contributed by atoms with Gasteiger partial charge in [0, 0.05) is 115 Å². The summed E-state index contributed by atoms with van der Waals surface area (Å²) >= 11 is 3.58. The second kappa shape index (κ2) is 32.7. The molecule has 0 aliphatic carbocycles. The van der Waals surface area contributed by atoms with Gasteiger partial charge in [0.05, 0.1) is 77.8 Å². The number of benzene rings is 19. The summed E-state index contributed by atoms with van der Waals surface area (Å²) in [6.45, 7) is 0. The highest BCUT2D eigenvalue weighted by molar-refractivity contribution is 7.99. The van der Waals surface area contributed by atoms with Gasteiger partial charge in [0.2, 0.25) is 0 Å². The van der Waals surface area contributed by atoms with Gasteiger partial charge in [0.1, 0.15) is 17.0 Å². The third kappa shape index (κ3) is 13.1. The largest absolute Gasteiger partial charge is 0.456 e. The molecule has 137 heavy (non-hydrogen) atoms. The third-order valence-corrected chi connectivity index (χ3v) is 29.4. The zero-order chi connectivity index (χ0) is 90.1. The molecule has 29 rings (SSSR count). The minimum absolute atomic E-state index is 0.726. The number of anilines is 6. The smallest absolute Gasteiger partial charge is 0.195 e. The van der Waals surface area contributed by atoms with Gasteiger partial charge in [-0.15, -0.1) is 0 Å². The highest BCUT2D eigenvalue weighted by atomic mass is 32.2. The molecule has 0 spiro atoms. The summed E-state index contributed by atoms with van der Waals surface area (Å²) in [4.78, 5) is 27.9. The van der Waals surface area contributed by atoms with Crippen molar-refractivity contribution in [1.29, 1.82) is 0 Å². The molecule has 7 aromatic heterocycles. The average molecular weight is 1780 g/mol. The number of hydrogen-bond acceptors (Lipinski definition) is 9. The van der Waals surface area contributed by atoms with Gasteiger partial charge >= 0.3 is 0 Å². The molecule has 0 radical (unpaired) electrons. The SMILES string of the molecule is c1ccc(-c2ccc3c(-n4c5ccccc5c5c6c(ccc54)-c4ccccc4Sc4ccccc4-6)cc(-c4ccccc4)nc3n2)cc1.c1ccc(-c2cnc(N3c4ccccc4-c4ccc5c(c4-c4ccccc43)c3ccccc3n5-c3cccc4ccccc34)cc2-c2ccccc2)cc1.c1ccc2c(c1)-c1ccc3oc4ccccc4c3c1-c1ccccc1N2c1nc2ccccc2s1. The van der Waals surface area contributed by atoms with E-state index in [0.29, 0.717) is 0 Å². The number of pyridine rings is 3. The fraction of sp³-hybridized carbons (Fsp3) is 0. The highest BCUT2D eigenvalue weighted by Crippen LogP contribution is 2.59. The summed E-state index contributed by atoms with van der Waals surface area (Å²) in [5.74, 6) is 0.871. The molecule has 19 aromatic carbocycles. The number of rotatable bonds is 8. The van der Waals surface area contributed by atoms with Crippen molar-refractivity contribution in [2.24, 2.45) is 0 Å². The van der Waals surface area contributed by atoms with Gasteiger partial charge in [-0.2, -0.15) is 0 Å². The molecule has 11 heteroatoms. The third-order valence-electron chi connectivity index (χ3n) is 27.3. The minimum Gasteiger partial charge on any atom is -0.456 e. The summed E-state index contributed by atoms with van der Waals surface area (Å²) in [6.07, 6.45) is 2.05. The number of nitrogens with zero attached hydrogens (tertiary/aromatic N) is 8. The van der Waals surface area contributed by atoms with Crippen molar-refractivity contribution in [1.82, 2.24) is 29.1 Å². The van der Waals surface area contributed by atoms with Crippen molar-refractivity contribution in [3.63, 3.8) is 0 Å². The molecule has 26 aromatic rings. The fourth-order valence-corrected chi connectivity index (χ4v) is 23.4. The van der Waals surface area contributed by atoms with Crippen LogP contribution >= 0.6 is 23.1 Å². The molecule has 0 saturated carbocycles. The van der Waals surface area contributed by atoms with Gasteiger partial charge in [0.25, 0.3) is 0 Å². The standard InChI is InChI=1S/C51H33N3.C44H27N3S.C31H18N2OS/c1-3-16-35(17-4-1)42-32-49(52-33-43(42)36-18-5-2-6-19-36)54-45-26-12-9-23-38(45)39-30-31-48-51(50(39)40-24-10-14-28-47(40)54)41-25-11-13-27-46(41)53(48)44-29-15-21-34-20-7-8-22-37(34)44;1-3-13-28(14-4-1)35-25-23-33-39(27-36(46-44(33)45-35)29-15-5-2-6-16-29)47-37-20-10-7-18-32(37)43-38(47)26-24-31-30-17-8-11-21-40(30)48-41-22-12-9-19-34(41)42(31)43;1-5-13-24-19(9-1)20-17-18-27-30(22-11-3-7-15-26(22)34-27)29(20)21-10-2-6-14-25(21)33(24)31-32-23-12-4-8-16-28(23)35-31/h1-33H;1-27H;1-18H.